The van der Waals surface area contributed by atoms with E-state index < -0.39 is 12.2 Å². The quantitative estimate of drug-likeness (QED) is 0.508. The smallest absolute Gasteiger partial charge is 0.161 e. The first-order valence-corrected chi connectivity index (χ1v) is 4.07. The van der Waals surface area contributed by atoms with Crippen molar-refractivity contribution in [3.63, 3.8) is 0 Å². The van der Waals surface area contributed by atoms with E-state index in [4.69, 9.17) is 15.3 Å². The van der Waals surface area contributed by atoms with Gasteiger partial charge in [0.15, 0.2) is 5.78 Å². The maximum atomic E-state index is 11.0. The number of Topliss-reactive ketones (excluding diaryl/α,β-unsaturated/α-hetero) is 1. The summed E-state index contributed by atoms with van der Waals surface area (Å²) in [4.78, 5) is 11.0. The van der Waals surface area contributed by atoms with Gasteiger partial charge in [-0.05, 0) is 13.3 Å². The highest BCUT2D eigenvalue weighted by Gasteiger charge is 2.15. The summed E-state index contributed by atoms with van der Waals surface area (Å²) in [7, 11) is 0. The third kappa shape index (κ3) is 5.23. The lowest BCUT2D eigenvalue weighted by Crippen LogP contribution is -2.24. The van der Waals surface area contributed by atoms with Crippen LogP contribution in [-0.4, -0.2) is 39.9 Å². The number of carbonyl (C=O) groups is 1. The van der Waals surface area contributed by atoms with Crippen LogP contribution in [0, 0.1) is 0 Å². The zero-order valence-electron chi connectivity index (χ0n) is 7.23. The molecule has 4 nitrogen and oxygen atoms in total. The van der Waals surface area contributed by atoms with Crippen molar-refractivity contribution in [1.82, 2.24) is 0 Å². The van der Waals surface area contributed by atoms with Gasteiger partial charge in [-0.1, -0.05) is 0 Å². The SMILES string of the molecule is C[C@@H](O)CC(O)C(=O)CCCO. The molecular formula is C8H16O4. The average molecular weight is 176 g/mol. The van der Waals surface area contributed by atoms with Crippen LogP contribution in [0.15, 0.2) is 0 Å². The zero-order valence-corrected chi connectivity index (χ0v) is 7.23. The molecule has 0 bridgehead atoms. The van der Waals surface area contributed by atoms with Crippen molar-refractivity contribution in [2.45, 2.75) is 38.4 Å². The van der Waals surface area contributed by atoms with E-state index in [1.165, 1.54) is 6.92 Å². The largest absolute Gasteiger partial charge is 0.396 e. The topological polar surface area (TPSA) is 77.8 Å². The first-order valence-electron chi connectivity index (χ1n) is 4.07. The fourth-order valence-corrected chi connectivity index (χ4v) is 0.874. The molecule has 0 radical (unpaired) electrons. The molecule has 0 fully saturated rings. The van der Waals surface area contributed by atoms with Crippen LogP contribution in [0.3, 0.4) is 0 Å². The Labute approximate surface area is 71.8 Å². The van der Waals surface area contributed by atoms with Crippen molar-refractivity contribution in [2.75, 3.05) is 6.61 Å². The van der Waals surface area contributed by atoms with Crippen LogP contribution in [0.25, 0.3) is 0 Å². The van der Waals surface area contributed by atoms with Gasteiger partial charge in [0.05, 0.1) is 6.10 Å². The summed E-state index contributed by atoms with van der Waals surface area (Å²) in [5.74, 6) is -0.315. The Morgan fingerprint density at radius 3 is 2.42 bits per heavy atom. The third-order valence-corrected chi connectivity index (χ3v) is 1.52. The lowest BCUT2D eigenvalue weighted by atomic mass is 10.1. The molecule has 0 aliphatic heterocycles. The number of aliphatic hydroxyl groups excluding tert-OH is 3. The van der Waals surface area contributed by atoms with Crippen LogP contribution in [0.4, 0.5) is 0 Å². The summed E-state index contributed by atoms with van der Waals surface area (Å²) in [5.41, 5.74) is 0. The lowest BCUT2D eigenvalue weighted by molar-refractivity contribution is -0.128. The van der Waals surface area contributed by atoms with Crippen LogP contribution in [0.2, 0.25) is 0 Å². The van der Waals surface area contributed by atoms with E-state index in [2.05, 4.69) is 0 Å². The Morgan fingerprint density at radius 1 is 1.42 bits per heavy atom. The van der Waals surface area contributed by atoms with E-state index in [9.17, 15) is 4.79 Å². The standard InChI is InChI=1S/C8H16O4/c1-6(10)5-8(12)7(11)3-2-4-9/h6,8-10,12H,2-5H2,1H3/t6-,8?/m1/s1. The maximum absolute atomic E-state index is 11.0. The first-order chi connectivity index (χ1) is 5.57. The lowest BCUT2D eigenvalue weighted by Gasteiger charge is -2.10. The van der Waals surface area contributed by atoms with Crippen molar-refractivity contribution in [2.24, 2.45) is 0 Å². The Morgan fingerprint density at radius 2 is 2.00 bits per heavy atom. The second-order valence-electron chi connectivity index (χ2n) is 2.89. The highest BCUT2D eigenvalue weighted by atomic mass is 16.3. The minimum Gasteiger partial charge on any atom is -0.396 e. The molecule has 0 amide bonds. The van der Waals surface area contributed by atoms with E-state index in [1.54, 1.807) is 0 Å². The monoisotopic (exact) mass is 176 g/mol. The van der Waals surface area contributed by atoms with Crippen molar-refractivity contribution < 1.29 is 20.1 Å². The van der Waals surface area contributed by atoms with Crippen molar-refractivity contribution in [1.29, 1.82) is 0 Å². The molecular weight excluding hydrogens is 160 g/mol. The summed E-state index contributed by atoms with van der Waals surface area (Å²) in [5, 5.41) is 26.4. The van der Waals surface area contributed by atoms with Crippen molar-refractivity contribution in [3.8, 4) is 0 Å². The summed E-state index contributed by atoms with van der Waals surface area (Å²) in [6, 6.07) is 0. The fraction of sp³-hybridized carbons (Fsp3) is 0.875. The number of aliphatic hydroxyl groups is 3. The summed E-state index contributed by atoms with van der Waals surface area (Å²) in [6.07, 6.45) is -1.14. The Bertz CT molecular complexity index is 133. The van der Waals surface area contributed by atoms with E-state index in [1.807, 2.05) is 0 Å². The van der Waals surface area contributed by atoms with Crippen LogP contribution in [0.5, 0.6) is 0 Å². The van der Waals surface area contributed by atoms with Gasteiger partial charge in [-0.25, -0.2) is 0 Å². The van der Waals surface area contributed by atoms with Crippen LogP contribution in [0.1, 0.15) is 26.2 Å². The molecule has 0 aromatic heterocycles. The van der Waals surface area contributed by atoms with Gasteiger partial charge in [-0.15, -0.1) is 0 Å². The number of carbonyl (C=O) groups excluding carboxylic acids is 1. The fourth-order valence-electron chi connectivity index (χ4n) is 0.874. The van der Waals surface area contributed by atoms with Gasteiger partial charge in [-0.3, -0.25) is 4.79 Å². The van der Waals surface area contributed by atoms with Crippen molar-refractivity contribution >= 4 is 5.78 Å². The summed E-state index contributed by atoms with van der Waals surface area (Å²) in [6.45, 7) is 1.47. The van der Waals surface area contributed by atoms with E-state index >= 15 is 0 Å². The number of hydrogen-bond acceptors (Lipinski definition) is 4. The first kappa shape index (κ1) is 11.6. The number of ketones is 1. The predicted molar refractivity (Wildman–Crippen MR) is 43.6 cm³/mol. The van der Waals surface area contributed by atoms with Gasteiger partial charge >= 0.3 is 0 Å². The molecule has 0 aromatic carbocycles. The summed E-state index contributed by atoms with van der Waals surface area (Å²) < 4.78 is 0. The highest BCUT2D eigenvalue weighted by Crippen LogP contribution is 2.02. The molecule has 3 N–H and O–H groups in total. The molecule has 4 heteroatoms. The second-order valence-corrected chi connectivity index (χ2v) is 2.89. The van der Waals surface area contributed by atoms with Gasteiger partial charge < -0.3 is 15.3 Å². The van der Waals surface area contributed by atoms with Crippen molar-refractivity contribution in [3.05, 3.63) is 0 Å². The van der Waals surface area contributed by atoms with Gasteiger partial charge in [-0.2, -0.15) is 0 Å². The van der Waals surface area contributed by atoms with E-state index in [0.29, 0.717) is 6.42 Å². The Hall–Kier alpha value is -0.450. The highest BCUT2D eigenvalue weighted by molar-refractivity contribution is 5.82. The zero-order chi connectivity index (χ0) is 9.56. The third-order valence-electron chi connectivity index (χ3n) is 1.52. The molecule has 0 saturated carbocycles. The molecule has 0 heterocycles. The number of rotatable bonds is 6. The Balaban J connectivity index is 3.61. The Kier molecular flexibility index (Phi) is 5.88. The molecule has 12 heavy (non-hydrogen) atoms. The molecule has 2 atom stereocenters. The summed E-state index contributed by atoms with van der Waals surface area (Å²) >= 11 is 0. The molecule has 1 unspecified atom stereocenters. The minimum atomic E-state index is -1.09. The molecule has 0 saturated heterocycles. The average Bonchev–Trinajstić information content (AvgIpc) is 1.98. The van der Waals surface area contributed by atoms with Crippen LogP contribution >= 0.6 is 0 Å². The second kappa shape index (κ2) is 6.11. The maximum Gasteiger partial charge on any atom is 0.161 e. The minimum absolute atomic E-state index is 0.0485. The predicted octanol–water partition coefficient (Wildman–Crippen LogP) is -0.540. The van der Waals surface area contributed by atoms with Gasteiger partial charge in [0.25, 0.3) is 0 Å². The van der Waals surface area contributed by atoms with E-state index in [0.717, 1.165) is 0 Å². The van der Waals surface area contributed by atoms with Gasteiger partial charge in [0, 0.05) is 19.4 Å². The van der Waals surface area contributed by atoms with E-state index in [-0.39, 0.29) is 25.2 Å². The number of hydrogen-bond donors (Lipinski definition) is 3. The molecule has 0 aromatic rings. The van der Waals surface area contributed by atoms with Gasteiger partial charge in [0.2, 0.25) is 0 Å². The van der Waals surface area contributed by atoms with Gasteiger partial charge in [0.1, 0.15) is 6.10 Å². The molecule has 0 aliphatic rings. The molecule has 0 rings (SSSR count). The normalized spacial score (nSPS) is 15.7. The van der Waals surface area contributed by atoms with Crippen LogP contribution in [-0.2, 0) is 4.79 Å². The van der Waals surface area contributed by atoms with Crippen LogP contribution < -0.4 is 0 Å². The molecule has 0 aliphatic carbocycles. The molecule has 72 valence electrons. The molecule has 0 spiro atoms.